The zero-order chi connectivity index (χ0) is 18.5. The number of hydrogen-bond acceptors (Lipinski definition) is 4. The highest BCUT2D eigenvalue weighted by atomic mass is 16.4. The summed E-state index contributed by atoms with van der Waals surface area (Å²) in [4.78, 5) is 41.4. The van der Waals surface area contributed by atoms with Gasteiger partial charge < -0.3 is 15.3 Å². The number of fused-ring (bicyclic) bond motifs is 1. The minimum Gasteiger partial charge on any atom is -0.480 e. The van der Waals surface area contributed by atoms with Gasteiger partial charge >= 0.3 is 5.97 Å². The quantitative estimate of drug-likeness (QED) is 0.812. The Kier molecular flexibility index (Phi) is 5.26. The van der Waals surface area contributed by atoms with Crippen LogP contribution in [-0.2, 0) is 27.2 Å². The summed E-state index contributed by atoms with van der Waals surface area (Å²) in [6, 6.07) is 9.76. The van der Waals surface area contributed by atoms with Gasteiger partial charge in [-0.3, -0.25) is 14.6 Å². The van der Waals surface area contributed by atoms with Gasteiger partial charge in [-0.2, -0.15) is 0 Å². The van der Waals surface area contributed by atoms with E-state index in [-0.39, 0.29) is 18.9 Å². The number of carboxylic acids is 1. The number of carbonyl (C=O) groups is 3. The molecule has 0 bridgehead atoms. The van der Waals surface area contributed by atoms with E-state index in [2.05, 4.69) is 10.3 Å². The van der Waals surface area contributed by atoms with Gasteiger partial charge in [-0.05, 0) is 35.7 Å². The lowest BCUT2D eigenvalue weighted by atomic mass is 10.0. The molecule has 0 spiro atoms. The molecule has 2 heterocycles. The summed E-state index contributed by atoms with van der Waals surface area (Å²) in [5.41, 5.74) is 2.47. The fourth-order valence-corrected chi connectivity index (χ4v) is 3.01. The highest BCUT2D eigenvalue weighted by molar-refractivity contribution is 6.01. The van der Waals surface area contributed by atoms with Gasteiger partial charge in [0.1, 0.15) is 12.6 Å². The van der Waals surface area contributed by atoms with E-state index >= 15 is 0 Å². The van der Waals surface area contributed by atoms with Crippen LogP contribution in [0.1, 0.15) is 17.5 Å². The van der Waals surface area contributed by atoms with Crippen molar-refractivity contribution in [3.8, 4) is 0 Å². The summed E-state index contributed by atoms with van der Waals surface area (Å²) < 4.78 is 0. The summed E-state index contributed by atoms with van der Waals surface area (Å²) in [7, 11) is 0. The van der Waals surface area contributed by atoms with Crippen LogP contribution in [0.15, 0.2) is 48.8 Å². The Bertz CT molecular complexity index is 823. The van der Waals surface area contributed by atoms with Crippen LogP contribution in [0.3, 0.4) is 0 Å². The van der Waals surface area contributed by atoms with Crippen LogP contribution >= 0.6 is 0 Å². The highest BCUT2D eigenvalue weighted by Gasteiger charge is 2.27. The lowest BCUT2D eigenvalue weighted by molar-refractivity contribution is -0.141. The van der Waals surface area contributed by atoms with Crippen LogP contribution in [0.2, 0.25) is 0 Å². The van der Waals surface area contributed by atoms with Crippen molar-refractivity contribution in [3.63, 3.8) is 0 Å². The molecule has 1 atom stereocenters. The molecular weight excluding hydrogens is 334 g/mol. The molecule has 7 heteroatoms. The number of aromatic nitrogens is 1. The molecule has 0 saturated carbocycles. The maximum Gasteiger partial charge on any atom is 0.326 e. The number of nitrogens with zero attached hydrogens (tertiary/aromatic N) is 2. The monoisotopic (exact) mass is 353 g/mol. The van der Waals surface area contributed by atoms with E-state index in [9.17, 15) is 19.5 Å². The average molecular weight is 353 g/mol. The van der Waals surface area contributed by atoms with Gasteiger partial charge in [0.2, 0.25) is 11.8 Å². The third kappa shape index (κ3) is 4.05. The van der Waals surface area contributed by atoms with Gasteiger partial charge in [-0.15, -0.1) is 0 Å². The third-order valence-corrected chi connectivity index (χ3v) is 4.32. The molecule has 7 nitrogen and oxygen atoms in total. The predicted molar refractivity (Wildman–Crippen MR) is 94.6 cm³/mol. The number of aryl methyl sites for hydroxylation is 1. The Hall–Kier alpha value is -3.22. The van der Waals surface area contributed by atoms with Crippen molar-refractivity contribution in [2.75, 3.05) is 11.4 Å². The van der Waals surface area contributed by atoms with Crippen molar-refractivity contribution in [1.29, 1.82) is 0 Å². The van der Waals surface area contributed by atoms with Crippen molar-refractivity contribution in [2.24, 2.45) is 0 Å². The molecule has 1 aromatic carbocycles. The number of pyridine rings is 1. The van der Waals surface area contributed by atoms with Gasteiger partial charge in [-0.1, -0.05) is 18.2 Å². The fourth-order valence-electron chi connectivity index (χ4n) is 3.01. The number of hydrogen-bond donors (Lipinski definition) is 2. The molecule has 0 saturated heterocycles. The molecular formula is C19H19N3O4. The largest absolute Gasteiger partial charge is 0.480 e. The van der Waals surface area contributed by atoms with E-state index in [1.165, 1.54) is 4.90 Å². The molecule has 1 aliphatic rings. The van der Waals surface area contributed by atoms with Crippen LogP contribution in [-0.4, -0.2) is 40.5 Å². The van der Waals surface area contributed by atoms with E-state index < -0.39 is 17.9 Å². The maximum atomic E-state index is 12.4. The number of carboxylic acid groups (broad SMARTS) is 1. The van der Waals surface area contributed by atoms with E-state index in [4.69, 9.17) is 0 Å². The molecule has 2 aromatic rings. The Morgan fingerprint density at radius 3 is 2.62 bits per heavy atom. The Morgan fingerprint density at radius 2 is 1.88 bits per heavy atom. The smallest absolute Gasteiger partial charge is 0.326 e. The second kappa shape index (κ2) is 7.77. The summed E-state index contributed by atoms with van der Waals surface area (Å²) in [5, 5.41) is 11.9. The first-order valence-electron chi connectivity index (χ1n) is 8.34. The molecule has 0 radical (unpaired) electrons. The van der Waals surface area contributed by atoms with Crippen molar-refractivity contribution in [1.82, 2.24) is 10.3 Å². The summed E-state index contributed by atoms with van der Waals surface area (Å²) in [6.07, 6.45) is 4.27. The summed E-state index contributed by atoms with van der Waals surface area (Å²) in [6.45, 7) is -0.198. The molecule has 2 amide bonds. The number of benzene rings is 1. The molecule has 3 rings (SSSR count). The van der Waals surface area contributed by atoms with Crippen molar-refractivity contribution >= 4 is 23.5 Å². The average Bonchev–Trinajstić information content (AvgIpc) is 2.64. The molecule has 0 aliphatic carbocycles. The van der Waals surface area contributed by atoms with E-state index in [0.29, 0.717) is 18.5 Å². The zero-order valence-electron chi connectivity index (χ0n) is 14.1. The van der Waals surface area contributed by atoms with Crippen LogP contribution < -0.4 is 10.2 Å². The first kappa shape index (κ1) is 17.6. The van der Waals surface area contributed by atoms with E-state index in [1.807, 2.05) is 18.2 Å². The minimum absolute atomic E-state index is 0.139. The standard InChI is InChI=1S/C19H19N3O4/c23-17(21-15(19(25)26)11-13-7-9-20-10-8-13)12-22-16-4-2-1-3-14(16)5-6-18(22)24/h1-4,7-10,15H,5-6,11-12H2,(H,21,23)(H,25,26). The second-order valence-corrected chi connectivity index (χ2v) is 6.13. The molecule has 1 aliphatic heterocycles. The van der Waals surface area contributed by atoms with Crippen LogP contribution in [0, 0.1) is 0 Å². The summed E-state index contributed by atoms with van der Waals surface area (Å²) >= 11 is 0. The van der Waals surface area contributed by atoms with Gasteiger partial charge in [0, 0.05) is 30.9 Å². The molecule has 26 heavy (non-hydrogen) atoms. The summed E-state index contributed by atoms with van der Waals surface area (Å²) in [5.74, 6) is -1.77. The normalized spacial score (nSPS) is 14.5. The first-order chi connectivity index (χ1) is 12.5. The number of carbonyl (C=O) groups excluding carboxylic acids is 2. The second-order valence-electron chi connectivity index (χ2n) is 6.13. The van der Waals surface area contributed by atoms with Crippen LogP contribution in [0.25, 0.3) is 0 Å². The molecule has 1 unspecified atom stereocenters. The number of para-hydroxylation sites is 1. The minimum atomic E-state index is -1.12. The van der Waals surface area contributed by atoms with E-state index in [1.54, 1.807) is 30.6 Å². The van der Waals surface area contributed by atoms with Gasteiger partial charge in [0.25, 0.3) is 0 Å². The van der Waals surface area contributed by atoms with Crippen molar-refractivity contribution < 1.29 is 19.5 Å². The van der Waals surface area contributed by atoms with Gasteiger partial charge in [-0.25, -0.2) is 4.79 Å². The van der Waals surface area contributed by atoms with E-state index in [0.717, 1.165) is 11.1 Å². The van der Waals surface area contributed by atoms with Crippen molar-refractivity contribution in [3.05, 3.63) is 59.9 Å². The third-order valence-electron chi connectivity index (χ3n) is 4.32. The number of aliphatic carboxylic acids is 1. The molecule has 2 N–H and O–H groups in total. The maximum absolute atomic E-state index is 12.4. The fraction of sp³-hybridized carbons (Fsp3) is 0.263. The topological polar surface area (TPSA) is 99.6 Å². The Labute approximate surface area is 150 Å². The zero-order valence-corrected chi connectivity index (χ0v) is 14.1. The lowest BCUT2D eigenvalue weighted by Gasteiger charge is -2.29. The molecule has 0 fully saturated rings. The predicted octanol–water partition coefficient (Wildman–Crippen LogP) is 1.17. The Balaban J connectivity index is 1.69. The SMILES string of the molecule is O=C(CN1C(=O)CCc2ccccc21)NC(Cc1ccncc1)C(=O)O. The number of anilines is 1. The first-order valence-corrected chi connectivity index (χ1v) is 8.34. The van der Waals surface area contributed by atoms with Crippen LogP contribution in [0.4, 0.5) is 5.69 Å². The van der Waals surface area contributed by atoms with Crippen molar-refractivity contribution in [2.45, 2.75) is 25.3 Å². The van der Waals surface area contributed by atoms with Crippen LogP contribution in [0.5, 0.6) is 0 Å². The lowest BCUT2D eigenvalue weighted by Crippen LogP contribution is -2.48. The molecule has 134 valence electrons. The highest BCUT2D eigenvalue weighted by Crippen LogP contribution is 2.27. The number of amides is 2. The van der Waals surface area contributed by atoms with Gasteiger partial charge in [0.15, 0.2) is 0 Å². The van der Waals surface area contributed by atoms with Gasteiger partial charge in [0.05, 0.1) is 0 Å². The number of rotatable bonds is 6. The Morgan fingerprint density at radius 1 is 1.15 bits per heavy atom. The number of nitrogens with one attached hydrogen (secondary N) is 1. The molecule has 1 aromatic heterocycles.